The van der Waals surface area contributed by atoms with Crippen LogP contribution in [0.5, 0.6) is 5.75 Å². The first-order chi connectivity index (χ1) is 7.79. The van der Waals surface area contributed by atoms with Crippen molar-refractivity contribution in [3.8, 4) is 11.4 Å². The summed E-state index contributed by atoms with van der Waals surface area (Å²) in [6.07, 6.45) is 3.32. The SMILES string of the molecule is NCCOc1cnn(-c2ccc(F)cc2)c1. The summed E-state index contributed by atoms with van der Waals surface area (Å²) in [5.41, 5.74) is 6.10. The molecule has 0 bridgehead atoms. The van der Waals surface area contributed by atoms with Crippen LogP contribution in [0.4, 0.5) is 4.39 Å². The summed E-state index contributed by atoms with van der Waals surface area (Å²) >= 11 is 0. The standard InChI is InChI=1S/C11H12FN3O/c12-9-1-3-10(4-2-9)15-8-11(7-14-15)16-6-5-13/h1-4,7-8H,5-6,13H2. The van der Waals surface area contributed by atoms with Crippen molar-refractivity contribution < 1.29 is 9.13 Å². The second-order valence-corrected chi connectivity index (χ2v) is 3.23. The maximum Gasteiger partial charge on any atom is 0.157 e. The largest absolute Gasteiger partial charge is 0.489 e. The van der Waals surface area contributed by atoms with Crippen LogP contribution in [0.3, 0.4) is 0 Å². The Morgan fingerprint density at radius 1 is 1.31 bits per heavy atom. The van der Waals surface area contributed by atoms with Crippen LogP contribution in [0.15, 0.2) is 36.7 Å². The molecule has 1 aromatic carbocycles. The van der Waals surface area contributed by atoms with Crippen LogP contribution >= 0.6 is 0 Å². The van der Waals surface area contributed by atoms with Crippen LogP contribution in [0, 0.1) is 5.82 Å². The highest BCUT2D eigenvalue weighted by Gasteiger charge is 2.01. The monoisotopic (exact) mass is 221 g/mol. The smallest absolute Gasteiger partial charge is 0.157 e. The van der Waals surface area contributed by atoms with E-state index in [1.807, 2.05) is 0 Å². The minimum atomic E-state index is -0.268. The molecular weight excluding hydrogens is 209 g/mol. The molecule has 0 fully saturated rings. The summed E-state index contributed by atoms with van der Waals surface area (Å²) in [5.74, 6) is 0.380. The summed E-state index contributed by atoms with van der Waals surface area (Å²) in [7, 11) is 0. The van der Waals surface area contributed by atoms with Crippen molar-refractivity contribution in [3.63, 3.8) is 0 Å². The number of aromatic nitrogens is 2. The van der Waals surface area contributed by atoms with Crippen LogP contribution in [-0.4, -0.2) is 22.9 Å². The Bertz CT molecular complexity index is 453. The van der Waals surface area contributed by atoms with Crippen molar-refractivity contribution in [2.24, 2.45) is 5.73 Å². The number of hydrogen-bond donors (Lipinski definition) is 1. The molecule has 0 aliphatic carbocycles. The van der Waals surface area contributed by atoms with E-state index < -0.39 is 0 Å². The molecule has 16 heavy (non-hydrogen) atoms. The third kappa shape index (κ3) is 2.38. The van der Waals surface area contributed by atoms with E-state index in [4.69, 9.17) is 10.5 Å². The zero-order valence-corrected chi connectivity index (χ0v) is 8.64. The van der Waals surface area contributed by atoms with Gasteiger partial charge in [-0.1, -0.05) is 0 Å². The lowest BCUT2D eigenvalue weighted by Gasteiger charge is -2.00. The molecule has 1 heterocycles. The molecule has 0 radical (unpaired) electrons. The van der Waals surface area contributed by atoms with Crippen molar-refractivity contribution >= 4 is 0 Å². The lowest BCUT2D eigenvalue weighted by molar-refractivity contribution is 0.328. The molecule has 2 aromatic rings. The predicted octanol–water partition coefficient (Wildman–Crippen LogP) is 1.35. The summed E-state index contributed by atoms with van der Waals surface area (Å²) in [4.78, 5) is 0. The highest BCUT2D eigenvalue weighted by molar-refractivity contribution is 5.32. The summed E-state index contributed by atoms with van der Waals surface area (Å²) in [5, 5.41) is 4.10. The summed E-state index contributed by atoms with van der Waals surface area (Å²) in [6.45, 7) is 0.914. The zero-order valence-electron chi connectivity index (χ0n) is 8.64. The van der Waals surface area contributed by atoms with Gasteiger partial charge < -0.3 is 10.5 Å². The number of hydrogen-bond acceptors (Lipinski definition) is 3. The van der Waals surface area contributed by atoms with E-state index in [-0.39, 0.29) is 5.82 Å². The fourth-order valence-corrected chi connectivity index (χ4v) is 1.29. The Labute approximate surface area is 92.4 Å². The highest BCUT2D eigenvalue weighted by atomic mass is 19.1. The van der Waals surface area contributed by atoms with Crippen molar-refractivity contribution in [2.75, 3.05) is 13.2 Å². The molecule has 2 N–H and O–H groups in total. The molecule has 0 saturated heterocycles. The van der Waals surface area contributed by atoms with Gasteiger partial charge in [-0.3, -0.25) is 0 Å². The maximum atomic E-state index is 12.7. The number of ether oxygens (including phenoxy) is 1. The zero-order chi connectivity index (χ0) is 11.4. The Hall–Kier alpha value is -1.88. The average Bonchev–Trinajstić information content (AvgIpc) is 2.76. The van der Waals surface area contributed by atoms with E-state index in [1.54, 1.807) is 29.2 Å². The van der Waals surface area contributed by atoms with Gasteiger partial charge in [0, 0.05) is 6.54 Å². The number of nitrogens with two attached hydrogens (primary N) is 1. The maximum absolute atomic E-state index is 12.7. The first kappa shape index (κ1) is 10.6. The Balaban J connectivity index is 2.15. The number of benzene rings is 1. The minimum Gasteiger partial charge on any atom is -0.489 e. The fourth-order valence-electron chi connectivity index (χ4n) is 1.29. The quantitative estimate of drug-likeness (QED) is 0.847. The van der Waals surface area contributed by atoms with Crippen molar-refractivity contribution in [1.29, 1.82) is 0 Å². The second-order valence-electron chi connectivity index (χ2n) is 3.23. The summed E-state index contributed by atoms with van der Waals surface area (Å²) < 4.78 is 19.6. The Morgan fingerprint density at radius 3 is 2.75 bits per heavy atom. The van der Waals surface area contributed by atoms with Crippen LogP contribution in [0.1, 0.15) is 0 Å². The fraction of sp³-hybridized carbons (Fsp3) is 0.182. The topological polar surface area (TPSA) is 53.1 Å². The molecule has 84 valence electrons. The van der Waals surface area contributed by atoms with E-state index in [9.17, 15) is 4.39 Å². The Kier molecular flexibility index (Phi) is 3.16. The van der Waals surface area contributed by atoms with Gasteiger partial charge in [-0.25, -0.2) is 9.07 Å². The average molecular weight is 221 g/mol. The Morgan fingerprint density at radius 2 is 2.06 bits per heavy atom. The molecule has 0 spiro atoms. The number of nitrogens with zero attached hydrogens (tertiary/aromatic N) is 2. The van der Waals surface area contributed by atoms with Crippen LogP contribution in [0.25, 0.3) is 5.69 Å². The van der Waals surface area contributed by atoms with E-state index in [0.717, 1.165) is 5.69 Å². The van der Waals surface area contributed by atoms with Crippen LogP contribution in [0.2, 0.25) is 0 Å². The van der Waals surface area contributed by atoms with Gasteiger partial charge in [-0.15, -0.1) is 0 Å². The lowest BCUT2D eigenvalue weighted by atomic mass is 10.3. The van der Waals surface area contributed by atoms with Gasteiger partial charge in [-0.05, 0) is 24.3 Å². The predicted molar refractivity (Wildman–Crippen MR) is 58.1 cm³/mol. The van der Waals surface area contributed by atoms with E-state index in [0.29, 0.717) is 18.9 Å². The van der Waals surface area contributed by atoms with Gasteiger partial charge in [-0.2, -0.15) is 5.10 Å². The molecular formula is C11H12FN3O. The van der Waals surface area contributed by atoms with E-state index >= 15 is 0 Å². The molecule has 4 nitrogen and oxygen atoms in total. The van der Waals surface area contributed by atoms with Gasteiger partial charge in [0.25, 0.3) is 0 Å². The third-order valence-electron chi connectivity index (χ3n) is 2.04. The van der Waals surface area contributed by atoms with Gasteiger partial charge in [0.15, 0.2) is 5.75 Å². The van der Waals surface area contributed by atoms with Crippen LogP contribution < -0.4 is 10.5 Å². The third-order valence-corrected chi connectivity index (χ3v) is 2.04. The molecule has 0 saturated carbocycles. The van der Waals surface area contributed by atoms with E-state index in [1.165, 1.54) is 12.1 Å². The number of halogens is 1. The molecule has 0 atom stereocenters. The molecule has 1 aromatic heterocycles. The molecule has 0 aliphatic heterocycles. The van der Waals surface area contributed by atoms with Crippen molar-refractivity contribution in [1.82, 2.24) is 9.78 Å². The molecule has 2 rings (SSSR count). The molecule has 0 unspecified atom stereocenters. The van der Waals surface area contributed by atoms with Gasteiger partial charge in [0.05, 0.1) is 18.1 Å². The first-order valence-corrected chi connectivity index (χ1v) is 4.93. The minimum absolute atomic E-state index is 0.268. The van der Waals surface area contributed by atoms with E-state index in [2.05, 4.69) is 5.10 Å². The lowest BCUT2D eigenvalue weighted by Crippen LogP contribution is -2.10. The van der Waals surface area contributed by atoms with Crippen molar-refractivity contribution in [2.45, 2.75) is 0 Å². The van der Waals surface area contributed by atoms with Gasteiger partial charge in [0.2, 0.25) is 0 Å². The second kappa shape index (κ2) is 4.76. The number of rotatable bonds is 4. The first-order valence-electron chi connectivity index (χ1n) is 4.93. The van der Waals surface area contributed by atoms with Crippen molar-refractivity contribution in [3.05, 3.63) is 42.5 Å². The molecule has 5 heteroatoms. The normalized spacial score (nSPS) is 10.4. The highest BCUT2D eigenvalue weighted by Crippen LogP contribution is 2.13. The van der Waals surface area contributed by atoms with Crippen LogP contribution in [-0.2, 0) is 0 Å². The summed E-state index contributed by atoms with van der Waals surface area (Å²) in [6, 6.07) is 6.07. The van der Waals surface area contributed by atoms with Gasteiger partial charge in [0.1, 0.15) is 12.4 Å². The molecule has 0 amide bonds. The van der Waals surface area contributed by atoms with Gasteiger partial charge >= 0.3 is 0 Å². The molecule has 0 aliphatic rings.